The van der Waals surface area contributed by atoms with Crippen molar-refractivity contribution >= 4 is 29.8 Å². The monoisotopic (exact) mass is 481 g/mol. The minimum atomic E-state index is -1.36. The summed E-state index contributed by atoms with van der Waals surface area (Å²) in [5.74, 6) is -3.26. The molecule has 2 rings (SSSR count). The van der Waals surface area contributed by atoms with Crippen molar-refractivity contribution in [1.82, 2.24) is 5.32 Å². The van der Waals surface area contributed by atoms with Gasteiger partial charge in [0.15, 0.2) is 12.2 Å². The summed E-state index contributed by atoms with van der Waals surface area (Å²) in [5, 5.41) is 2.58. The van der Waals surface area contributed by atoms with Crippen LogP contribution in [-0.2, 0) is 42.9 Å². The van der Waals surface area contributed by atoms with Crippen LogP contribution in [-0.4, -0.2) is 74.1 Å². The molecule has 0 radical (unpaired) electrons. The number of nitrogens with one attached hydrogen (secondary N) is 1. The van der Waals surface area contributed by atoms with Crippen LogP contribution in [0.4, 0.5) is 0 Å². The van der Waals surface area contributed by atoms with Gasteiger partial charge in [0.1, 0.15) is 30.1 Å². The molecule has 1 fully saturated rings. The highest BCUT2D eigenvalue weighted by molar-refractivity contribution is 5.92. The fourth-order valence-corrected chi connectivity index (χ4v) is 3.36. The van der Waals surface area contributed by atoms with Gasteiger partial charge in [0.05, 0.1) is 7.11 Å². The van der Waals surface area contributed by atoms with Crippen LogP contribution in [0.3, 0.4) is 0 Å². The third-order valence-electron chi connectivity index (χ3n) is 4.61. The molecule has 1 aliphatic heterocycles. The van der Waals surface area contributed by atoms with Crippen molar-refractivity contribution in [1.29, 1.82) is 0 Å². The van der Waals surface area contributed by atoms with Gasteiger partial charge in [-0.05, 0) is 12.1 Å². The van der Waals surface area contributed by atoms with Crippen LogP contribution in [0, 0.1) is 0 Å². The van der Waals surface area contributed by atoms with Gasteiger partial charge in [-0.1, -0.05) is 12.1 Å². The summed E-state index contributed by atoms with van der Waals surface area (Å²) in [6.07, 6.45) is -5.04. The first-order chi connectivity index (χ1) is 16.0. The molecule has 1 aromatic rings. The Bertz CT molecular complexity index is 931. The van der Waals surface area contributed by atoms with Gasteiger partial charge >= 0.3 is 23.9 Å². The van der Waals surface area contributed by atoms with E-state index < -0.39 is 60.4 Å². The molecule has 186 valence electrons. The Morgan fingerprint density at radius 3 is 2.09 bits per heavy atom. The van der Waals surface area contributed by atoms with E-state index in [2.05, 4.69) is 5.32 Å². The summed E-state index contributed by atoms with van der Waals surface area (Å²) < 4.78 is 32.3. The lowest BCUT2D eigenvalue weighted by Gasteiger charge is -2.44. The van der Waals surface area contributed by atoms with Gasteiger partial charge in [-0.25, -0.2) is 4.79 Å². The Morgan fingerprint density at radius 1 is 0.912 bits per heavy atom. The van der Waals surface area contributed by atoms with Crippen molar-refractivity contribution < 1.29 is 52.4 Å². The Morgan fingerprint density at radius 2 is 1.53 bits per heavy atom. The largest absolute Gasteiger partial charge is 0.465 e. The van der Waals surface area contributed by atoms with Crippen molar-refractivity contribution in [2.75, 3.05) is 13.7 Å². The zero-order chi connectivity index (χ0) is 25.4. The van der Waals surface area contributed by atoms with E-state index in [1.54, 1.807) is 12.1 Å². The van der Waals surface area contributed by atoms with Crippen LogP contribution in [0.5, 0.6) is 5.75 Å². The van der Waals surface area contributed by atoms with Gasteiger partial charge < -0.3 is 33.7 Å². The lowest BCUT2D eigenvalue weighted by molar-refractivity contribution is -0.257. The van der Waals surface area contributed by atoms with Gasteiger partial charge in [-0.3, -0.25) is 19.2 Å². The molecule has 34 heavy (non-hydrogen) atoms. The van der Waals surface area contributed by atoms with E-state index in [0.717, 1.165) is 13.8 Å². The van der Waals surface area contributed by atoms with E-state index in [1.165, 1.54) is 33.1 Å². The highest BCUT2D eigenvalue weighted by Crippen LogP contribution is 2.30. The topological polar surface area (TPSA) is 153 Å². The van der Waals surface area contributed by atoms with Crippen molar-refractivity contribution in [2.45, 2.75) is 58.3 Å². The number of carbonyl (C=O) groups excluding carboxylic acids is 5. The van der Waals surface area contributed by atoms with E-state index in [1.807, 2.05) is 0 Å². The SMILES string of the molecule is COC(=O)c1ccccc1O[C@H]1O[C@@H](COC(C)=O)[C@@H](OC(C)=O)[C@H](OC(C)=O)[C@@H]1NC(C)=O. The second kappa shape index (κ2) is 12.0. The first-order valence-corrected chi connectivity index (χ1v) is 10.3. The Hall–Kier alpha value is -3.67. The normalized spacial score (nSPS) is 23.7. The maximum absolute atomic E-state index is 12.2. The van der Waals surface area contributed by atoms with Crippen molar-refractivity contribution in [3.05, 3.63) is 29.8 Å². The van der Waals surface area contributed by atoms with E-state index in [-0.39, 0.29) is 17.9 Å². The minimum absolute atomic E-state index is 0.0495. The second-order valence-corrected chi connectivity index (χ2v) is 7.33. The zero-order valence-corrected chi connectivity index (χ0v) is 19.4. The molecule has 0 aromatic heterocycles. The molecule has 0 saturated carbocycles. The summed E-state index contributed by atoms with van der Waals surface area (Å²) in [6.45, 7) is 4.28. The number of benzene rings is 1. The number of amides is 1. The number of ether oxygens (including phenoxy) is 6. The number of esters is 4. The average molecular weight is 481 g/mol. The number of hydrogen-bond donors (Lipinski definition) is 1. The van der Waals surface area contributed by atoms with Crippen LogP contribution < -0.4 is 10.1 Å². The first-order valence-electron chi connectivity index (χ1n) is 10.3. The quantitative estimate of drug-likeness (QED) is 0.408. The van der Waals surface area contributed by atoms with Gasteiger partial charge in [-0.15, -0.1) is 0 Å². The van der Waals surface area contributed by atoms with E-state index in [4.69, 9.17) is 28.4 Å². The molecule has 0 spiro atoms. The van der Waals surface area contributed by atoms with Crippen LogP contribution in [0.1, 0.15) is 38.1 Å². The maximum Gasteiger partial charge on any atom is 0.341 e. The predicted molar refractivity (Wildman–Crippen MR) is 112 cm³/mol. The summed E-state index contributed by atoms with van der Waals surface area (Å²) >= 11 is 0. The Kier molecular flexibility index (Phi) is 9.36. The predicted octanol–water partition coefficient (Wildman–Crippen LogP) is 0.508. The lowest BCUT2D eigenvalue weighted by atomic mass is 9.96. The lowest BCUT2D eigenvalue weighted by Crippen LogP contribution is -2.67. The van der Waals surface area contributed by atoms with Crippen LogP contribution in [0.15, 0.2) is 24.3 Å². The Labute approximate surface area is 195 Å². The van der Waals surface area contributed by atoms with Gasteiger partial charge in [0.25, 0.3) is 0 Å². The number of carbonyl (C=O) groups is 5. The average Bonchev–Trinajstić information content (AvgIpc) is 2.75. The third-order valence-corrected chi connectivity index (χ3v) is 4.61. The molecule has 0 aliphatic carbocycles. The fraction of sp³-hybridized carbons (Fsp3) is 0.500. The number of methoxy groups -OCH3 is 1. The van der Waals surface area contributed by atoms with Crippen LogP contribution in [0.25, 0.3) is 0 Å². The van der Waals surface area contributed by atoms with E-state index in [0.29, 0.717) is 0 Å². The molecule has 12 nitrogen and oxygen atoms in total. The molecule has 1 N–H and O–H groups in total. The van der Waals surface area contributed by atoms with Gasteiger partial charge in [-0.2, -0.15) is 0 Å². The van der Waals surface area contributed by atoms with Crippen molar-refractivity contribution in [3.8, 4) is 5.75 Å². The highest BCUT2D eigenvalue weighted by Gasteiger charge is 2.52. The zero-order valence-electron chi connectivity index (χ0n) is 19.4. The molecule has 1 heterocycles. The van der Waals surface area contributed by atoms with Crippen LogP contribution in [0.2, 0.25) is 0 Å². The summed E-state index contributed by atoms with van der Waals surface area (Å²) in [7, 11) is 1.20. The second-order valence-electron chi connectivity index (χ2n) is 7.33. The summed E-state index contributed by atoms with van der Waals surface area (Å²) in [4.78, 5) is 59.2. The van der Waals surface area contributed by atoms with Crippen LogP contribution >= 0.6 is 0 Å². The molecule has 0 bridgehead atoms. The van der Waals surface area contributed by atoms with Gasteiger partial charge in [0, 0.05) is 27.7 Å². The third kappa shape index (κ3) is 7.17. The molecule has 5 atom stereocenters. The molecular formula is C22H27NO11. The minimum Gasteiger partial charge on any atom is -0.465 e. The van der Waals surface area contributed by atoms with Crippen molar-refractivity contribution in [2.24, 2.45) is 0 Å². The smallest absolute Gasteiger partial charge is 0.341 e. The number of rotatable bonds is 8. The molecule has 1 saturated heterocycles. The standard InChI is InChI=1S/C22H27NO11/c1-11(24)23-18-20(32-14(4)27)19(31-13(3)26)17(10-30-12(2)25)34-22(18)33-16-9-7-6-8-15(16)21(28)29-5/h6-9,17-20,22H,10H2,1-5H3,(H,23,24)/t17-,18-,19+,20+,22-/m0/s1. The summed E-state index contributed by atoms with van der Waals surface area (Å²) in [6, 6.07) is 4.94. The fourth-order valence-electron chi connectivity index (χ4n) is 3.36. The highest BCUT2D eigenvalue weighted by atomic mass is 16.7. The molecule has 12 heteroatoms. The number of hydrogen-bond acceptors (Lipinski definition) is 11. The van der Waals surface area contributed by atoms with Crippen molar-refractivity contribution in [3.63, 3.8) is 0 Å². The molecule has 1 amide bonds. The maximum atomic E-state index is 12.2. The summed E-state index contributed by atoms with van der Waals surface area (Å²) in [5.41, 5.74) is 0.0675. The molecular weight excluding hydrogens is 454 g/mol. The molecule has 1 aliphatic rings. The van der Waals surface area contributed by atoms with E-state index in [9.17, 15) is 24.0 Å². The molecule has 1 aromatic carbocycles. The van der Waals surface area contributed by atoms with E-state index >= 15 is 0 Å². The van der Waals surface area contributed by atoms with Gasteiger partial charge in [0.2, 0.25) is 12.2 Å². The number of para-hydroxylation sites is 1. The molecule has 0 unspecified atom stereocenters. The first kappa shape index (κ1) is 26.6. The Balaban J connectivity index is 2.52.